The van der Waals surface area contributed by atoms with Crippen LogP contribution in [0.2, 0.25) is 0 Å². The average Bonchev–Trinajstić information content (AvgIpc) is 3.12. The fraction of sp³-hybridized carbons (Fsp3) is 0.500. The topological polar surface area (TPSA) is 78.1 Å². The number of aromatic amines is 1. The van der Waals surface area contributed by atoms with E-state index < -0.39 is 0 Å². The summed E-state index contributed by atoms with van der Waals surface area (Å²) in [5.41, 5.74) is 2.97. The molecule has 0 unspecified atom stereocenters. The second-order valence-corrected chi connectivity index (χ2v) is 11.8. The summed E-state index contributed by atoms with van der Waals surface area (Å²) in [6.45, 7) is 13.6. The maximum absolute atomic E-state index is 13.1. The molecule has 0 saturated carbocycles. The standard InChI is InChI=1S/C26H34N4O2S2/c1-15(2)13-30-10-8-19(9-11-30)27-25(32)23-18(5)22-24(31)28-21(29-26(22)34-23)14-33-20-12-16(3)6-7-17(20)4/h6-7,12,15,19H,8-11,13-14H2,1-5H3,(H,27,32)(H,28,29,31). The number of hydrogen-bond donors (Lipinski definition) is 2. The Morgan fingerprint density at radius 3 is 2.71 bits per heavy atom. The van der Waals surface area contributed by atoms with Crippen LogP contribution in [0.4, 0.5) is 0 Å². The van der Waals surface area contributed by atoms with Gasteiger partial charge in [-0.2, -0.15) is 0 Å². The largest absolute Gasteiger partial charge is 0.349 e. The van der Waals surface area contributed by atoms with Gasteiger partial charge in [0.1, 0.15) is 10.7 Å². The lowest BCUT2D eigenvalue weighted by Crippen LogP contribution is -2.45. The molecule has 1 aromatic carbocycles. The molecule has 3 heterocycles. The fourth-order valence-corrected chi connectivity index (χ4v) is 6.61. The van der Waals surface area contributed by atoms with Crippen LogP contribution < -0.4 is 10.9 Å². The average molecular weight is 499 g/mol. The fourth-order valence-electron chi connectivity index (χ4n) is 4.51. The van der Waals surface area contributed by atoms with Gasteiger partial charge in [0.25, 0.3) is 11.5 Å². The number of H-pyrrole nitrogens is 1. The first-order valence-electron chi connectivity index (χ1n) is 12.0. The number of aryl methyl sites for hydroxylation is 3. The lowest BCUT2D eigenvalue weighted by molar-refractivity contribution is 0.0911. The van der Waals surface area contributed by atoms with Crippen LogP contribution in [-0.2, 0) is 5.75 Å². The van der Waals surface area contributed by atoms with Crippen molar-refractivity contribution in [3.8, 4) is 0 Å². The molecule has 0 bridgehead atoms. The predicted octanol–water partition coefficient (Wildman–Crippen LogP) is 5.05. The third-order valence-electron chi connectivity index (χ3n) is 6.31. The first-order valence-corrected chi connectivity index (χ1v) is 13.8. The first kappa shape index (κ1) is 24.9. The highest BCUT2D eigenvalue weighted by atomic mass is 32.2. The van der Waals surface area contributed by atoms with Gasteiger partial charge in [-0.25, -0.2) is 4.98 Å². The summed E-state index contributed by atoms with van der Waals surface area (Å²) in [7, 11) is 0. The Balaban J connectivity index is 1.46. The summed E-state index contributed by atoms with van der Waals surface area (Å²) >= 11 is 2.99. The number of carbonyl (C=O) groups excluding carboxylic acids is 1. The number of fused-ring (bicyclic) bond motifs is 1. The molecule has 8 heteroatoms. The molecule has 1 fully saturated rings. The number of likely N-dealkylation sites (tertiary alicyclic amines) is 1. The molecule has 2 aromatic heterocycles. The van der Waals surface area contributed by atoms with E-state index in [-0.39, 0.29) is 17.5 Å². The van der Waals surface area contributed by atoms with Crippen molar-refractivity contribution in [2.45, 2.75) is 64.2 Å². The van der Waals surface area contributed by atoms with E-state index in [4.69, 9.17) is 4.98 Å². The molecular weight excluding hydrogens is 464 g/mol. The Bertz CT molecular complexity index is 1240. The normalized spacial score (nSPS) is 15.4. The Labute approximate surface area is 209 Å². The number of piperidine rings is 1. The molecule has 0 spiro atoms. The van der Waals surface area contributed by atoms with Crippen LogP contribution >= 0.6 is 23.1 Å². The number of thiophene rings is 1. The summed E-state index contributed by atoms with van der Waals surface area (Å²) in [4.78, 5) is 38.5. The summed E-state index contributed by atoms with van der Waals surface area (Å²) < 4.78 is 0. The molecule has 3 aromatic rings. The van der Waals surface area contributed by atoms with Crippen LogP contribution in [0.15, 0.2) is 27.9 Å². The highest BCUT2D eigenvalue weighted by molar-refractivity contribution is 7.98. The maximum atomic E-state index is 13.1. The third-order valence-corrected chi connectivity index (χ3v) is 8.66. The van der Waals surface area contributed by atoms with Crippen LogP contribution in [0.25, 0.3) is 10.2 Å². The van der Waals surface area contributed by atoms with Crippen molar-refractivity contribution in [2.75, 3.05) is 19.6 Å². The molecule has 0 radical (unpaired) electrons. The SMILES string of the molecule is Cc1ccc(C)c(SCc2nc3sc(C(=O)NC4CCN(CC(C)C)CC4)c(C)c3c(=O)[nH]2)c1. The summed E-state index contributed by atoms with van der Waals surface area (Å²) in [6, 6.07) is 6.54. The van der Waals surface area contributed by atoms with Crippen LogP contribution in [0, 0.1) is 26.7 Å². The molecule has 1 aliphatic rings. The van der Waals surface area contributed by atoms with Crippen molar-refractivity contribution >= 4 is 39.2 Å². The number of nitrogens with one attached hydrogen (secondary N) is 2. The number of thioether (sulfide) groups is 1. The van der Waals surface area contributed by atoms with E-state index >= 15 is 0 Å². The van der Waals surface area contributed by atoms with Gasteiger partial charge in [0.2, 0.25) is 0 Å². The molecule has 1 saturated heterocycles. The zero-order chi connectivity index (χ0) is 24.4. The number of carbonyl (C=O) groups is 1. The second kappa shape index (κ2) is 10.6. The third kappa shape index (κ3) is 5.73. The van der Waals surface area contributed by atoms with Crippen molar-refractivity contribution in [3.05, 3.63) is 55.9 Å². The van der Waals surface area contributed by atoms with Crippen molar-refractivity contribution in [1.82, 2.24) is 20.2 Å². The molecule has 34 heavy (non-hydrogen) atoms. The number of rotatable bonds is 7. The van der Waals surface area contributed by atoms with Gasteiger partial charge in [0, 0.05) is 30.6 Å². The highest BCUT2D eigenvalue weighted by Crippen LogP contribution is 2.29. The van der Waals surface area contributed by atoms with E-state index in [0.29, 0.717) is 32.6 Å². The van der Waals surface area contributed by atoms with Gasteiger partial charge >= 0.3 is 0 Å². The van der Waals surface area contributed by atoms with E-state index in [1.165, 1.54) is 27.4 Å². The minimum absolute atomic E-state index is 0.0893. The Morgan fingerprint density at radius 2 is 2.00 bits per heavy atom. The highest BCUT2D eigenvalue weighted by Gasteiger charge is 2.24. The molecule has 4 rings (SSSR count). The summed E-state index contributed by atoms with van der Waals surface area (Å²) in [5.74, 6) is 1.77. The number of amides is 1. The number of aromatic nitrogens is 2. The monoisotopic (exact) mass is 498 g/mol. The van der Waals surface area contributed by atoms with Crippen LogP contribution in [0.3, 0.4) is 0 Å². The van der Waals surface area contributed by atoms with E-state index in [9.17, 15) is 9.59 Å². The van der Waals surface area contributed by atoms with Gasteiger partial charge in [-0.3, -0.25) is 9.59 Å². The predicted molar refractivity (Wildman–Crippen MR) is 142 cm³/mol. The molecule has 182 valence electrons. The van der Waals surface area contributed by atoms with Gasteiger partial charge in [-0.1, -0.05) is 31.5 Å². The molecular formula is C26H34N4O2S2. The van der Waals surface area contributed by atoms with Gasteiger partial charge < -0.3 is 15.2 Å². The van der Waals surface area contributed by atoms with Gasteiger partial charge in [-0.15, -0.1) is 23.1 Å². The van der Waals surface area contributed by atoms with Crippen molar-refractivity contribution in [1.29, 1.82) is 0 Å². The zero-order valence-corrected chi connectivity index (χ0v) is 22.3. The summed E-state index contributed by atoms with van der Waals surface area (Å²) in [5, 5.41) is 3.73. The lowest BCUT2D eigenvalue weighted by atomic mass is 10.0. The van der Waals surface area contributed by atoms with E-state index in [1.807, 2.05) is 6.92 Å². The van der Waals surface area contributed by atoms with Crippen molar-refractivity contribution in [2.24, 2.45) is 5.92 Å². The Morgan fingerprint density at radius 1 is 1.26 bits per heavy atom. The van der Waals surface area contributed by atoms with E-state index in [2.05, 4.69) is 61.1 Å². The zero-order valence-electron chi connectivity index (χ0n) is 20.7. The molecule has 0 aliphatic carbocycles. The molecule has 6 nitrogen and oxygen atoms in total. The molecule has 1 amide bonds. The quantitative estimate of drug-likeness (QED) is 0.446. The molecule has 2 N–H and O–H groups in total. The lowest BCUT2D eigenvalue weighted by Gasteiger charge is -2.33. The minimum Gasteiger partial charge on any atom is -0.349 e. The van der Waals surface area contributed by atoms with E-state index in [0.717, 1.165) is 38.0 Å². The minimum atomic E-state index is -0.170. The van der Waals surface area contributed by atoms with Crippen LogP contribution in [-0.4, -0.2) is 46.5 Å². The van der Waals surface area contributed by atoms with Crippen LogP contribution in [0.5, 0.6) is 0 Å². The van der Waals surface area contributed by atoms with Crippen molar-refractivity contribution in [3.63, 3.8) is 0 Å². The first-order chi connectivity index (χ1) is 16.2. The van der Waals surface area contributed by atoms with E-state index in [1.54, 1.807) is 11.8 Å². The molecule has 0 atom stereocenters. The molecule has 1 aliphatic heterocycles. The number of nitrogens with zero attached hydrogens (tertiary/aromatic N) is 2. The van der Waals surface area contributed by atoms with Gasteiger partial charge in [-0.05, 0) is 56.7 Å². The smallest absolute Gasteiger partial charge is 0.261 e. The van der Waals surface area contributed by atoms with Gasteiger partial charge in [0.05, 0.1) is 16.0 Å². The number of benzene rings is 1. The number of hydrogen-bond acceptors (Lipinski definition) is 6. The van der Waals surface area contributed by atoms with Crippen molar-refractivity contribution < 1.29 is 4.79 Å². The second-order valence-electron chi connectivity index (χ2n) is 9.75. The van der Waals surface area contributed by atoms with Gasteiger partial charge in [0.15, 0.2) is 0 Å². The summed E-state index contributed by atoms with van der Waals surface area (Å²) in [6.07, 6.45) is 1.92. The Hall–Kier alpha value is -2.16. The maximum Gasteiger partial charge on any atom is 0.261 e. The van der Waals surface area contributed by atoms with Crippen LogP contribution in [0.1, 0.15) is 58.9 Å². The Kier molecular flexibility index (Phi) is 7.80.